The maximum absolute atomic E-state index is 11.4. The molecule has 1 atom stereocenters. The number of nitrogens with one attached hydrogen (secondary N) is 1. The molecule has 0 aliphatic heterocycles. The molecule has 0 saturated carbocycles. The molecule has 1 unspecified atom stereocenters. The van der Waals surface area contributed by atoms with Gasteiger partial charge in [0, 0.05) is 11.1 Å². The average molecular weight is 242 g/mol. The number of nitrogens with two attached hydrogens (primary N) is 2. The van der Waals surface area contributed by atoms with Gasteiger partial charge in [-0.15, -0.1) is 11.3 Å². The van der Waals surface area contributed by atoms with Gasteiger partial charge in [-0.1, -0.05) is 0 Å². The van der Waals surface area contributed by atoms with Crippen molar-refractivity contribution in [2.75, 3.05) is 0 Å². The van der Waals surface area contributed by atoms with Crippen molar-refractivity contribution in [2.24, 2.45) is 11.5 Å². The van der Waals surface area contributed by atoms with E-state index in [9.17, 15) is 9.59 Å². The molecule has 0 aliphatic rings. The van der Waals surface area contributed by atoms with E-state index in [0.717, 1.165) is 10.7 Å². The van der Waals surface area contributed by atoms with Crippen molar-refractivity contribution in [2.45, 2.75) is 25.9 Å². The lowest BCUT2D eigenvalue weighted by Gasteiger charge is -2.08. The maximum atomic E-state index is 11.4. The molecular weight excluding hydrogens is 228 g/mol. The van der Waals surface area contributed by atoms with Gasteiger partial charge in [-0.3, -0.25) is 9.59 Å². The van der Waals surface area contributed by atoms with Crippen molar-refractivity contribution in [3.63, 3.8) is 0 Å². The van der Waals surface area contributed by atoms with Crippen LogP contribution in [0.4, 0.5) is 0 Å². The van der Waals surface area contributed by atoms with Crippen LogP contribution in [0.2, 0.25) is 0 Å². The first-order valence-corrected chi connectivity index (χ1v) is 5.59. The summed E-state index contributed by atoms with van der Waals surface area (Å²) in [5, 5.41) is 5.29. The average Bonchev–Trinajstić information content (AvgIpc) is 2.59. The van der Waals surface area contributed by atoms with Crippen molar-refractivity contribution in [1.29, 1.82) is 0 Å². The highest BCUT2D eigenvalue weighted by atomic mass is 32.1. The largest absolute Gasteiger partial charge is 0.370 e. The second-order valence-corrected chi connectivity index (χ2v) is 4.32. The van der Waals surface area contributed by atoms with E-state index >= 15 is 0 Å². The zero-order valence-corrected chi connectivity index (χ0v) is 9.71. The maximum Gasteiger partial charge on any atom is 0.237 e. The van der Waals surface area contributed by atoms with Crippen LogP contribution in [0.25, 0.3) is 0 Å². The SMILES string of the molecule is Cc1csc(CNC(=O)C(N)CC(N)=O)n1. The molecule has 0 aliphatic carbocycles. The van der Waals surface area contributed by atoms with E-state index in [-0.39, 0.29) is 6.42 Å². The van der Waals surface area contributed by atoms with Crippen LogP contribution in [0.3, 0.4) is 0 Å². The molecular formula is C9H14N4O2S. The molecule has 0 radical (unpaired) electrons. The first-order valence-electron chi connectivity index (χ1n) is 4.71. The second-order valence-electron chi connectivity index (χ2n) is 3.38. The molecule has 5 N–H and O–H groups in total. The fourth-order valence-corrected chi connectivity index (χ4v) is 1.80. The van der Waals surface area contributed by atoms with E-state index < -0.39 is 17.9 Å². The number of carbonyl (C=O) groups is 2. The van der Waals surface area contributed by atoms with Crippen LogP contribution in [-0.2, 0) is 16.1 Å². The number of hydrogen-bond acceptors (Lipinski definition) is 5. The molecule has 88 valence electrons. The monoisotopic (exact) mass is 242 g/mol. The molecule has 6 nitrogen and oxygen atoms in total. The van der Waals surface area contributed by atoms with E-state index in [4.69, 9.17) is 11.5 Å². The molecule has 0 fully saturated rings. The molecule has 1 heterocycles. The Morgan fingerprint density at radius 1 is 1.62 bits per heavy atom. The number of aromatic nitrogens is 1. The number of amides is 2. The van der Waals surface area contributed by atoms with E-state index in [0.29, 0.717) is 6.54 Å². The van der Waals surface area contributed by atoms with Gasteiger partial charge in [-0.05, 0) is 6.92 Å². The lowest BCUT2D eigenvalue weighted by atomic mass is 10.2. The topological polar surface area (TPSA) is 111 Å². The minimum atomic E-state index is -0.890. The fourth-order valence-electron chi connectivity index (χ4n) is 1.09. The van der Waals surface area contributed by atoms with Gasteiger partial charge in [0.1, 0.15) is 5.01 Å². The predicted molar refractivity (Wildman–Crippen MR) is 60.5 cm³/mol. The van der Waals surface area contributed by atoms with Gasteiger partial charge in [0.2, 0.25) is 11.8 Å². The molecule has 1 aromatic rings. The summed E-state index contributed by atoms with van der Waals surface area (Å²) < 4.78 is 0. The molecule has 0 spiro atoms. The quantitative estimate of drug-likeness (QED) is 0.632. The summed E-state index contributed by atoms with van der Waals surface area (Å²) in [6.45, 7) is 2.20. The van der Waals surface area contributed by atoms with E-state index in [1.807, 2.05) is 12.3 Å². The zero-order chi connectivity index (χ0) is 12.1. The van der Waals surface area contributed by atoms with Gasteiger partial charge in [0.15, 0.2) is 0 Å². The third kappa shape index (κ3) is 3.95. The van der Waals surface area contributed by atoms with Crippen LogP contribution in [-0.4, -0.2) is 22.8 Å². The van der Waals surface area contributed by atoms with Gasteiger partial charge in [-0.25, -0.2) is 4.98 Å². The van der Waals surface area contributed by atoms with Gasteiger partial charge < -0.3 is 16.8 Å². The molecule has 16 heavy (non-hydrogen) atoms. The normalized spacial score (nSPS) is 12.1. The molecule has 1 aromatic heterocycles. The predicted octanol–water partition coefficient (Wildman–Crippen LogP) is -0.730. The standard InChI is InChI=1S/C9H14N4O2S/c1-5-4-16-8(13-5)3-12-9(15)6(10)2-7(11)14/h4,6H,2-3,10H2,1H3,(H2,11,14)(H,12,15). The summed E-state index contributed by atoms with van der Waals surface area (Å²) in [5.41, 5.74) is 11.3. The van der Waals surface area contributed by atoms with Gasteiger partial charge in [0.25, 0.3) is 0 Å². The van der Waals surface area contributed by atoms with Crippen LogP contribution >= 0.6 is 11.3 Å². The number of hydrogen-bond donors (Lipinski definition) is 3. The summed E-state index contributed by atoms with van der Waals surface area (Å²) in [7, 11) is 0. The summed E-state index contributed by atoms with van der Waals surface area (Å²) in [5.74, 6) is -0.987. The third-order valence-electron chi connectivity index (χ3n) is 1.84. The number of thiazole rings is 1. The van der Waals surface area contributed by atoms with Gasteiger partial charge in [0.05, 0.1) is 19.0 Å². The minimum Gasteiger partial charge on any atom is -0.370 e. The van der Waals surface area contributed by atoms with E-state index in [1.54, 1.807) is 0 Å². The van der Waals surface area contributed by atoms with Crippen LogP contribution in [0.5, 0.6) is 0 Å². The number of primary amides is 1. The Morgan fingerprint density at radius 2 is 2.31 bits per heavy atom. The van der Waals surface area contributed by atoms with Crippen LogP contribution in [0, 0.1) is 6.92 Å². The van der Waals surface area contributed by atoms with Crippen molar-refractivity contribution >= 4 is 23.2 Å². The highest BCUT2D eigenvalue weighted by Crippen LogP contribution is 2.07. The Kier molecular flexibility index (Phi) is 4.39. The molecule has 0 saturated heterocycles. The summed E-state index contributed by atoms with van der Waals surface area (Å²) in [4.78, 5) is 26.1. The highest BCUT2D eigenvalue weighted by molar-refractivity contribution is 7.09. The first-order chi connectivity index (χ1) is 7.49. The summed E-state index contributed by atoms with van der Waals surface area (Å²) in [6, 6.07) is -0.890. The molecule has 7 heteroatoms. The van der Waals surface area contributed by atoms with Crippen molar-refractivity contribution in [1.82, 2.24) is 10.3 Å². The molecule has 0 aromatic carbocycles. The Hall–Kier alpha value is -1.47. The Bertz CT molecular complexity index is 391. The van der Waals surface area contributed by atoms with Crippen LogP contribution in [0.1, 0.15) is 17.1 Å². The van der Waals surface area contributed by atoms with Crippen LogP contribution < -0.4 is 16.8 Å². The van der Waals surface area contributed by atoms with E-state index in [2.05, 4.69) is 10.3 Å². The van der Waals surface area contributed by atoms with Crippen molar-refractivity contribution in [3.8, 4) is 0 Å². The molecule has 2 amide bonds. The first kappa shape index (κ1) is 12.6. The smallest absolute Gasteiger partial charge is 0.237 e. The summed E-state index contributed by atoms with van der Waals surface area (Å²) in [6.07, 6.45) is -0.150. The molecule has 0 bridgehead atoms. The Labute approximate surface area is 97.0 Å². The van der Waals surface area contributed by atoms with Crippen molar-refractivity contribution in [3.05, 3.63) is 16.1 Å². The number of nitrogens with zero attached hydrogens (tertiary/aromatic N) is 1. The molecule has 1 rings (SSSR count). The minimum absolute atomic E-state index is 0.150. The third-order valence-corrected chi connectivity index (χ3v) is 2.80. The van der Waals surface area contributed by atoms with E-state index in [1.165, 1.54) is 11.3 Å². The Balaban J connectivity index is 2.37. The lowest BCUT2D eigenvalue weighted by Crippen LogP contribution is -2.42. The highest BCUT2D eigenvalue weighted by Gasteiger charge is 2.15. The fraction of sp³-hybridized carbons (Fsp3) is 0.444. The Morgan fingerprint density at radius 3 is 2.81 bits per heavy atom. The zero-order valence-electron chi connectivity index (χ0n) is 8.90. The summed E-state index contributed by atoms with van der Waals surface area (Å²) >= 11 is 1.46. The van der Waals surface area contributed by atoms with Gasteiger partial charge in [-0.2, -0.15) is 0 Å². The second kappa shape index (κ2) is 5.57. The van der Waals surface area contributed by atoms with Crippen LogP contribution in [0.15, 0.2) is 5.38 Å². The lowest BCUT2D eigenvalue weighted by molar-refractivity contribution is -0.126. The van der Waals surface area contributed by atoms with Gasteiger partial charge >= 0.3 is 0 Å². The number of rotatable bonds is 5. The van der Waals surface area contributed by atoms with Crippen molar-refractivity contribution < 1.29 is 9.59 Å². The number of aryl methyl sites for hydroxylation is 1. The number of carbonyl (C=O) groups excluding carboxylic acids is 2.